The van der Waals surface area contributed by atoms with Gasteiger partial charge in [-0.05, 0) is 22.0 Å². The van der Waals surface area contributed by atoms with Gasteiger partial charge in [-0.15, -0.1) is 0 Å². The molecule has 82 valence electrons. The Morgan fingerprint density at radius 3 is 2.20 bits per heavy atom. The van der Waals surface area contributed by atoms with Crippen molar-refractivity contribution in [3.05, 3.63) is 22.2 Å². The summed E-state index contributed by atoms with van der Waals surface area (Å²) < 4.78 is 35.9. The van der Waals surface area contributed by atoms with Crippen molar-refractivity contribution in [2.24, 2.45) is 0 Å². The van der Waals surface area contributed by atoms with Gasteiger partial charge in [-0.2, -0.15) is 13.2 Å². The maximum Gasteiger partial charge on any atom is 0.455 e. The molecule has 2 N–H and O–H groups in total. The van der Waals surface area contributed by atoms with E-state index in [0.29, 0.717) is 12.1 Å². The van der Waals surface area contributed by atoms with E-state index < -0.39 is 29.0 Å². The van der Waals surface area contributed by atoms with E-state index >= 15 is 0 Å². The minimum absolute atomic E-state index is 0.104. The van der Waals surface area contributed by atoms with Gasteiger partial charge in [0.05, 0.1) is 10.0 Å². The zero-order valence-corrected chi connectivity index (χ0v) is 8.56. The molecule has 0 radical (unpaired) electrons. The molecule has 1 aromatic carbocycles. The van der Waals surface area contributed by atoms with Crippen molar-refractivity contribution in [3.8, 4) is 11.5 Å². The standard InChI is InChI=1S/C8H4BrF3O3/c9-4-1-3(5(13)2-6(4)14)7(15)8(10,11)12/h1-2,13-14H. The zero-order chi connectivity index (χ0) is 11.8. The van der Waals surface area contributed by atoms with Crippen LogP contribution in [-0.2, 0) is 0 Å². The normalized spacial score (nSPS) is 11.5. The first-order valence-electron chi connectivity index (χ1n) is 3.56. The molecule has 0 aromatic heterocycles. The van der Waals surface area contributed by atoms with E-state index in [-0.39, 0.29) is 4.47 Å². The number of phenols is 2. The lowest BCUT2D eigenvalue weighted by Crippen LogP contribution is -2.22. The first-order chi connectivity index (χ1) is 6.73. The maximum absolute atomic E-state index is 12.0. The van der Waals surface area contributed by atoms with Gasteiger partial charge in [-0.3, -0.25) is 4.79 Å². The highest BCUT2D eigenvalue weighted by Gasteiger charge is 2.40. The van der Waals surface area contributed by atoms with Crippen LogP contribution in [0.1, 0.15) is 10.4 Å². The average Bonchev–Trinajstić information content (AvgIpc) is 2.08. The van der Waals surface area contributed by atoms with E-state index in [1.54, 1.807) is 0 Å². The van der Waals surface area contributed by atoms with Gasteiger partial charge in [0.2, 0.25) is 0 Å². The Balaban J connectivity index is 3.28. The quantitative estimate of drug-likeness (QED) is 0.780. The molecule has 0 atom stereocenters. The molecule has 7 heteroatoms. The molecule has 3 nitrogen and oxygen atoms in total. The van der Waals surface area contributed by atoms with Crippen LogP contribution in [0.5, 0.6) is 11.5 Å². The molecule has 0 heterocycles. The van der Waals surface area contributed by atoms with E-state index in [1.165, 1.54) is 0 Å². The van der Waals surface area contributed by atoms with Crippen LogP contribution in [0.2, 0.25) is 0 Å². The molecule has 0 unspecified atom stereocenters. The van der Waals surface area contributed by atoms with Crippen molar-refractivity contribution in [3.63, 3.8) is 0 Å². The summed E-state index contributed by atoms with van der Waals surface area (Å²) in [5, 5.41) is 18.1. The van der Waals surface area contributed by atoms with Gasteiger partial charge in [0.1, 0.15) is 11.5 Å². The number of carbonyl (C=O) groups excluding carboxylic acids is 1. The Morgan fingerprint density at radius 1 is 1.20 bits per heavy atom. The summed E-state index contributed by atoms with van der Waals surface area (Å²) in [6, 6.07) is 1.36. The lowest BCUT2D eigenvalue weighted by molar-refractivity contribution is -0.0886. The van der Waals surface area contributed by atoms with Crippen LogP contribution in [-0.4, -0.2) is 22.2 Å². The van der Waals surface area contributed by atoms with Gasteiger partial charge in [-0.25, -0.2) is 0 Å². The smallest absolute Gasteiger partial charge is 0.455 e. The number of hydrogen-bond donors (Lipinski definition) is 2. The molecule has 1 aromatic rings. The molecule has 0 aliphatic carbocycles. The summed E-state index contributed by atoms with van der Waals surface area (Å²) in [6.45, 7) is 0. The number of Topliss-reactive ketones (excluding diaryl/α,β-unsaturated/α-hetero) is 1. The molecule has 0 spiro atoms. The average molecular weight is 285 g/mol. The fourth-order valence-electron chi connectivity index (χ4n) is 0.885. The van der Waals surface area contributed by atoms with Crippen molar-refractivity contribution in [1.82, 2.24) is 0 Å². The Labute approximate surface area is 90.3 Å². The Bertz CT molecular complexity index is 414. The Morgan fingerprint density at radius 2 is 1.73 bits per heavy atom. The van der Waals surface area contributed by atoms with E-state index in [9.17, 15) is 18.0 Å². The second-order valence-electron chi connectivity index (χ2n) is 2.65. The first kappa shape index (κ1) is 11.8. The minimum Gasteiger partial charge on any atom is -0.507 e. The van der Waals surface area contributed by atoms with Crippen LogP contribution in [0.15, 0.2) is 16.6 Å². The SMILES string of the molecule is O=C(c1cc(Br)c(O)cc1O)C(F)(F)F. The molecule has 0 saturated heterocycles. The van der Waals surface area contributed by atoms with Gasteiger partial charge >= 0.3 is 6.18 Å². The number of hydrogen-bond acceptors (Lipinski definition) is 3. The monoisotopic (exact) mass is 284 g/mol. The molecule has 0 bridgehead atoms. The van der Waals surface area contributed by atoms with Crippen LogP contribution in [0.4, 0.5) is 13.2 Å². The number of halogens is 4. The van der Waals surface area contributed by atoms with Gasteiger partial charge < -0.3 is 10.2 Å². The number of aromatic hydroxyl groups is 2. The molecule has 0 aliphatic heterocycles. The van der Waals surface area contributed by atoms with Crippen LogP contribution in [0.25, 0.3) is 0 Å². The molecular formula is C8H4BrF3O3. The molecule has 0 aliphatic rings. The third-order valence-corrected chi connectivity index (χ3v) is 2.20. The van der Waals surface area contributed by atoms with E-state index in [2.05, 4.69) is 15.9 Å². The molecular weight excluding hydrogens is 281 g/mol. The number of phenolic OH excluding ortho intramolecular Hbond substituents is 2. The Hall–Kier alpha value is -1.24. The van der Waals surface area contributed by atoms with Gasteiger partial charge in [0.25, 0.3) is 5.78 Å². The van der Waals surface area contributed by atoms with Crippen LogP contribution < -0.4 is 0 Å². The molecule has 0 amide bonds. The fraction of sp³-hybridized carbons (Fsp3) is 0.125. The van der Waals surface area contributed by atoms with Crippen LogP contribution >= 0.6 is 15.9 Å². The lowest BCUT2D eigenvalue weighted by atomic mass is 10.1. The number of benzene rings is 1. The summed E-state index contributed by atoms with van der Waals surface area (Å²) in [6.07, 6.45) is -5.06. The third kappa shape index (κ3) is 2.41. The van der Waals surface area contributed by atoms with Crippen molar-refractivity contribution < 1.29 is 28.2 Å². The van der Waals surface area contributed by atoms with Crippen molar-refractivity contribution in [1.29, 1.82) is 0 Å². The molecule has 1 rings (SSSR count). The largest absolute Gasteiger partial charge is 0.507 e. The molecule has 0 fully saturated rings. The number of ketones is 1. The number of alkyl halides is 3. The summed E-state index contributed by atoms with van der Waals surface area (Å²) in [5.41, 5.74) is -0.910. The fourth-order valence-corrected chi connectivity index (χ4v) is 1.23. The van der Waals surface area contributed by atoms with Gasteiger partial charge in [0.15, 0.2) is 0 Å². The number of carbonyl (C=O) groups is 1. The van der Waals surface area contributed by atoms with Gasteiger partial charge in [0, 0.05) is 6.07 Å². The van der Waals surface area contributed by atoms with Gasteiger partial charge in [-0.1, -0.05) is 0 Å². The highest BCUT2D eigenvalue weighted by atomic mass is 79.9. The third-order valence-electron chi connectivity index (χ3n) is 1.57. The summed E-state index contributed by atoms with van der Waals surface area (Å²) in [4.78, 5) is 10.8. The highest BCUT2D eigenvalue weighted by Crippen LogP contribution is 2.34. The summed E-state index contributed by atoms with van der Waals surface area (Å²) >= 11 is 2.73. The second kappa shape index (κ2) is 3.73. The summed E-state index contributed by atoms with van der Waals surface area (Å²) in [7, 11) is 0. The van der Waals surface area contributed by atoms with Crippen molar-refractivity contribution >= 4 is 21.7 Å². The molecule has 0 saturated carbocycles. The Kier molecular flexibility index (Phi) is 2.94. The lowest BCUT2D eigenvalue weighted by Gasteiger charge is -2.08. The predicted molar refractivity (Wildman–Crippen MR) is 47.9 cm³/mol. The predicted octanol–water partition coefficient (Wildman–Crippen LogP) is 2.61. The first-order valence-corrected chi connectivity index (χ1v) is 4.35. The topological polar surface area (TPSA) is 57.5 Å². The minimum atomic E-state index is -5.06. The van der Waals surface area contributed by atoms with Crippen LogP contribution in [0, 0.1) is 0 Å². The maximum atomic E-state index is 12.0. The van der Waals surface area contributed by atoms with E-state index in [0.717, 1.165) is 0 Å². The second-order valence-corrected chi connectivity index (χ2v) is 3.50. The summed E-state index contributed by atoms with van der Waals surface area (Å²) in [5.74, 6) is -3.54. The molecule has 15 heavy (non-hydrogen) atoms. The van der Waals surface area contributed by atoms with Crippen molar-refractivity contribution in [2.75, 3.05) is 0 Å². The number of rotatable bonds is 1. The van der Waals surface area contributed by atoms with E-state index in [4.69, 9.17) is 10.2 Å². The van der Waals surface area contributed by atoms with Crippen molar-refractivity contribution in [2.45, 2.75) is 6.18 Å². The highest BCUT2D eigenvalue weighted by molar-refractivity contribution is 9.10. The van der Waals surface area contributed by atoms with Crippen LogP contribution in [0.3, 0.4) is 0 Å². The zero-order valence-electron chi connectivity index (χ0n) is 6.97. The van der Waals surface area contributed by atoms with E-state index in [1.807, 2.05) is 0 Å².